The molecule has 0 aliphatic heterocycles. The summed E-state index contributed by atoms with van der Waals surface area (Å²) in [5.41, 5.74) is 6.71. The summed E-state index contributed by atoms with van der Waals surface area (Å²) in [6, 6.07) is 5.62. The van der Waals surface area contributed by atoms with E-state index in [2.05, 4.69) is 4.98 Å². The maximum atomic E-state index is 10.5. The number of ether oxygens (including phenoxy) is 1. The lowest BCUT2D eigenvalue weighted by molar-refractivity contribution is 0.147. The highest BCUT2D eigenvalue weighted by molar-refractivity contribution is 7.10. The number of rotatable bonds is 5. The summed E-state index contributed by atoms with van der Waals surface area (Å²) in [5.74, 6) is 0.529. The van der Waals surface area contributed by atoms with Gasteiger partial charge in [-0.2, -0.15) is 0 Å². The molecule has 2 aromatic heterocycles. The highest BCUT2D eigenvalue weighted by Crippen LogP contribution is 2.38. The van der Waals surface area contributed by atoms with Crippen molar-refractivity contribution in [2.24, 2.45) is 5.73 Å². The van der Waals surface area contributed by atoms with Gasteiger partial charge < -0.3 is 15.6 Å². The van der Waals surface area contributed by atoms with Crippen LogP contribution in [-0.4, -0.2) is 23.7 Å². The van der Waals surface area contributed by atoms with Crippen molar-refractivity contribution in [3.8, 4) is 5.75 Å². The van der Waals surface area contributed by atoms with Crippen molar-refractivity contribution in [3.63, 3.8) is 0 Å². The molecule has 0 bridgehead atoms. The first-order valence-electron chi connectivity index (χ1n) is 5.67. The average molecular weight is 264 g/mol. The maximum absolute atomic E-state index is 10.5. The molecule has 0 saturated carbocycles. The van der Waals surface area contributed by atoms with Crippen LogP contribution < -0.4 is 10.5 Å². The van der Waals surface area contributed by atoms with Crippen LogP contribution in [0.25, 0.3) is 0 Å². The number of nitrogens with two attached hydrogens (primary N) is 1. The molecular formula is C13H16N2O2S. The van der Waals surface area contributed by atoms with E-state index in [1.807, 2.05) is 23.6 Å². The van der Waals surface area contributed by atoms with E-state index in [0.717, 1.165) is 10.4 Å². The number of methoxy groups -OCH3 is 1. The number of thiophene rings is 1. The average Bonchev–Trinajstić information content (AvgIpc) is 2.89. The highest BCUT2D eigenvalue weighted by Gasteiger charge is 2.25. The van der Waals surface area contributed by atoms with Gasteiger partial charge in [-0.3, -0.25) is 4.98 Å². The lowest BCUT2D eigenvalue weighted by Gasteiger charge is -2.21. The van der Waals surface area contributed by atoms with E-state index in [1.165, 1.54) is 11.3 Å². The molecule has 18 heavy (non-hydrogen) atoms. The lowest BCUT2D eigenvalue weighted by Crippen LogP contribution is -2.20. The Balaban J connectivity index is 2.28. The van der Waals surface area contributed by atoms with Gasteiger partial charge in [0, 0.05) is 24.9 Å². The second-order valence-corrected chi connectivity index (χ2v) is 4.87. The molecule has 4 nitrogen and oxygen atoms in total. The molecule has 2 rings (SSSR count). The Bertz CT molecular complexity index is 487. The van der Waals surface area contributed by atoms with E-state index in [1.54, 1.807) is 19.5 Å². The minimum Gasteiger partial charge on any atom is -0.495 e. The fraction of sp³-hybridized carbons (Fsp3) is 0.308. The van der Waals surface area contributed by atoms with E-state index in [4.69, 9.17) is 10.5 Å². The largest absolute Gasteiger partial charge is 0.495 e. The Hall–Kier alpha value is -1.43. The minimum atomic E-state index is -0.672. The predicted molar refractivity (Wildman–Crippen MR) is 71.9 cm³/mol. The monoisotopic (exact) mass is 264 g/mol. The van der Waals surface area contributed by atoms with E-state index in [9.17, 15) is 5.11 Å². The molecule has 0 aliphatic carbocycles. The van der Waals surface area contributed by atoms with Gasteiger partial charge in [-0.05, 0) is 23.1 Å². The SMILES string of the molecule is COc1ccsc1C(O)C(CN)c1cccnc1. The number of hydrogen-bond donors (Lipinski definition) is 2. The number of pyridine rings is 1. The molecular weight excluding hydrogens is 248 g/mol. The van der Waals surface area contributed by atoms with Crippen molar-refractivity contribution in [2.45, 2.75) is 12.0 Å². The zero-order valence-electron chi connectivity index (χ0n) is 10.1. The van der Waals surface area contributed by atoms with Crippen molar-refractivity contribution in [3.05, 3.63) is 46.4 Å². The third kappa shape index (κ3) is 2.53. The molecule has 0 amide bonds. The molecule has 0 aromatic carbocycles. The van der Waals surface area contributed by atoms with Crippen LogP contribution >= 0.6 is 11.3 Å². The smallest absolute Gasteiger partial charge is 0.135 e. The van der Waals surface area contributed by atoms with E-state index >= 15 is 0 Å². The van der Waals surface area contributed by atoms with Crippen molar-refractivity contribution >= 4 is 11.3 Å². The molecule has 3 N–H and O–H groups in total. The fourth-order valence-corrected chi connectivity index (χ4v) is 2.83. The summed E-state index contributed by atoms with van der Waals surface area (Å²) >= 11 is 1.47. The quantitative estimate of drug-likeness (QED) is 0.866. The summed E-state index contributed by atoms with van der Waals surface area (Å²) in [6.45, 7) is 0.355. The van der Waals surface area contributed by atoms with E-state index in [-0.39, 0.29) is 5.92 Å². The van der Waals surface area contributed by atoms with Crippen LogP contribution in [0.2, 0.25) is 0 Å². The van der Waals surface area contributed by atoms with E-state index < -0.39 is 6.10 Å². The Morgan fingerprint density at radius 1 is 1.50 bits per heavy atom. The van der Waals surface area contributed by atoms with Gasteiger partial charge in [0.15, 0.2) is 0 Å². The summed E-state index contributed by atoms with van der Waals surface area (Å²) in [5, 5.41) is 12.4. The predicted octanol–water partition coefficient (Wildman–Crippen LogP) is 1.93. The van der Waals surface area contributed by atoms with Crippen molar-refractivity contribution in [2.75, 3.05) is 13.7 Å². The van der Waals surface area contributed by atoms with Crippen LogP contribution in [0.1, 0.15) is 22.5 Å². The van der Waals surface area contributed by atoms with Gasteiger partial charge in [0.2, 0.25) is 0 Å². The van der Waals surface area contributed by atoms with Gasteiger partial charge in [0.25, 0.3) is 0 Å². The van der Waals surface area contributed by atoms with Crippen LogP contribution in [0, 0.1) is 0 Å². The van der Waals surface area contributed by atoms with Crippen molar-refractivity contribution in [1.29, 1.82) is 0 Å². The number of hydrogen-bond acceptors (Lipinski definition) is 5. The van der Waals surface area contributed by atoms with Gasteiger partial charge in [0.1, 0.15) is 5.75 Å². The summed E-state index contributed by atoms with van der Waals surface area (Å²) in [4.78, 5) is 4.87. The van der Waals surface area contributed by atoms with Gasteiger partial charge in [0.05, 0.1) is 18.1 Å². The summed E-state index contributed by atoms with van der Waals surface area (Å²) < 4.78 is 5.23. The molecule has 2 atom stereocenters. The van der Waals surface area contributed by atoms with Crippen LogP contribution in [0.15, 0.2) is 36.0 Å². The molecule has 0 radical (unpaired) electrons. The Morgan fingerprint density at radius 3 is 2.94 bits per heavy atom. The standard InChI is InChI=1S/C13H16N2O2S/c1-17-11-4-6-18-13(11)12(16)10(7-14)9-3-2-5-15-8-9/h2-6,8,10,12,16H,7,14H2,1H3. The number of aromatic nitrogens is 1. The van der Waals surface area contributed by atoms with Gasteiger partial charge in [-0.15, -0.1) is 11.3 Å². The molecule has 0 spiro atoms. The maximum Gasteiger partial charge on any atom is 0.135 e. The molecule has 0 saturated heterocycles. The molecule has 2 heterocycles. The zero-order chi connectivity index (χ0) is 13.0. The number of aliphatic hydroxyl groups is 1. The van der Waals surface area contributed by atoms with Crippen LogP contribution in [0.4, 0.5) is 0 Å². The fourth-order valence-electron chi connectivity index (χ4n) is 1.92. The van der Waals surface area contributed by atoms with Gasteiger partial charge >= 0.3 is 0 Å². The first-order chi connectivity index (χ1) is 8.77. The second kappa shape index (κ2) is 5.95. The van der Waals surface area contributed by atoms with Crippen LogP contribution in [-0.2, 0) is 0 Å². The minimum absolute atomic E-state index is 0.175. The van der Waals surface area contributed by atoms with Gasteiger partial charge in [-0.25, -0.2) is 0 Å². The normalized spacial score (nSPS) is 14.2. The zero-order valence-corrected chi connectivity index (χ0v) is 10.9. The Morgan fingerprint density at radius 2 is 2.33 bits per heavy atom. The van der Waals surface area contributed by atoms with Crippen molar-refractivity contribution in [1.82, 2.24) is 4.98 Å². The third-order valence-electron chi connectivity index (χ3n) is 2.89. The molecule has 0 fully saturated rings. The Labute approximate surface area is 110 Å². The molecule has 2 unspecified atom stereocenters. The number of nitrogens with zero attached hydrogens (tertiary/aromatic N) is 1. The van der Waals surface area contributed by atoms with Gasteiger partial charge in [-0.1, -0.05) is 6.07 Å². The second-order valence-electron chi connectivity index (χ2n) is 3.93. The molecule has 2 aromatic rings. The number of aliphatic hydroxyl groups excluding tert-OH is 1. The lowest BCUT2D eigenvalue weighted by atomic mass is 9.93. The molecule has 0 aliphatic rings. The van der Waals surface area contributed by atoms with Crippen LogP contribution in [0.3, 0.4) is 0 Å². The topological polar surface area (TPSA) is 68.4 Å². The van der Waals surface area contributed by atoms with Crippen LogP contribution in [0.5, 0.6) is 5.75 Å². The summed E-state index contributed by atoms with van der Waals surface area (Å²) in [6.07, 6.45) is 2.77. The highest BCUT2D eigenvalue weighted by atomic mass is 32.1. The first kappa shape index (κ1) is 13.0. The van der Waals surface area contributed by atoms with Crippen molar-refractivity contribution < 1.29 is 9.84 Å². The third-order valence-corrected chi connectivity index (χ3v) is 3.86. The van der Waals surface area contributed by atoms with E-state index in [0.29, 0.717) is 12.3 Å². The first-order valence-corrected chi connectivity index (χ1v) is 6.55. The molecule has 5 heteroatoms. The Kier molecular flexibility index (Phi) is 4.30. The molecule has 96 valence electrons. The summed E-state index contributed by atoms with van der Waals surface area (Å²) in [7, 11) is 1.60.